The number of para-hydroxylation sites is 1. The normalized spacial score (nSPS) is 21.7. The lowest BCUT2D eigenvalue weighted by molar-refractivity contribution is 0.189. The van der Waals surface area contributed by atoms with E-state index in [2.05, 4.69) is 10.2 Å². The van der Waals surface area contributed by atoms with E-state index in [0.717, 1.165) is 11.6 Å². The fraction of sp³-hybridized carbons (Fsp3) is 0.600. The summed E-state index contributed by atoms with van der Waals surface area (Å²) in [4.78, 5) is 2.60. The first-order valence-electron chi connectivity index (χ1n) is 7.21. The second-order valence-corrected chi connectivity index (χ2v) is 5.71. The summed E-state index contributed by atoms with van der Waals surface area (Å²) in [6.07, 6.45) is 5.12. The number of nitrogens with zero attached hydrogens (tertiary/aromatic N) is 1. The minimum atomic E-state index is -0.0390. The summed E-state index contributed by atoms with van der Waals surface area (Å²) >= 11 is 0. The van der Waals surface area contributed by atoms with Gasteiger partial charge in [-0.25, -0.2) is 0 Å². The zero-order valence-corrected chi connectivity index (χ0v) is 11.2. The van der Waals surface area contributed by atoms with Gasteiger partial charge in [-0.15, -0.1) is 0 Å². The molecule has 1 heterocycles. The summed E-state index contributed by atoms with van der Waals surface area (Å²) in [5.74, 6) is -0.0340. The largest absolute Gasteiger partial charge is 0.504 e. The monoisotopic (exact) mass is 262 g/mol. The summed E-state index contributed by atoms with van der Waals surface area (Å²) < 4.78 is 0. The van der Waals surface area contributed by atoms with Crippen LogP contribution in [0.15, 0.2) is 18.2 Å². The van der Waals surface area contributed by atoms with Crippen molar-refractivity contribution >= 4 is 0 Å². The molecular weight excluding hydrogens is 240 g/mol. The van der Waals surface area contributed by atoms with Crippen LogP contribution in [-0.2, 0) is 6.54 Å². The van der Waals surface area contributed by atoms with E-state index < -0.39 is 0 Å². The highest BCUT2D eigenvalue weighted by Crippen LogP contribution is 2.30. The van der Waals surface area contributed by atoms with Gasteiger partial charge in [0.2, 0.25) is 0 Å². The summed E-state index contributed by atoms with van der Waals surface area (Å²) in [7, 11) is 0. The molecule has 4 nitrogen and oxygen atoms in total. The van der Waals surface area contributed by atoms with Gasteiger partial charge in [-0.3, -0.25) is 0 Å². The highest BCUT2D eigenvalue weighted by atomic mass is 16.3. The molecule has 1 aliphatic carbocycles. The van der Waals surface area contributed by atoms with Crippen LogP contribution in [0.25, 0.3) is 0 Å². The number of aromatic hydroxyl groups is 2. The summed E-state index contributed by atoms with van der Waals surface area (Å²) in [5, 5.41) is 22.7. The predicted molar refractivity (Wildman–Crippen MR) is 74.2 cm³/mol. The molecule has 19 heavy (non-hydrogen) atoms. The first-order chi connectivity index (χ1) is 9.24. The molecule has 1 aromatic carbocycles. The van der Waals surface area contributed by atoms with Crippen LogP contribution in [0.5, 0.6) is 11.5 Å². The number of piperidine rings is 1. The van der Waals surface area contributed by atoms with Gasteiger partial charge in [-0.05, 0) is 44.8 Å². The molecule has 3 rings (SSSR count). The van der Waals surface area contributed by atoms with Crippen LogP contribution in [0.1, 0.15) is 31.2 Å². The maximum Gasteiger partial charge on any atom is 0.161 e. The van der Waals surface area contributed by atoms with Crippen molar-refractivity contribution in [3.05, 3.63) is 23.8 Å². The van der Waals surface area contributed by atoms with Gasteiger partial charge in [0.1, 0.15) is 0 Å². The van der Waals surface area contributed by atoms with Gasteiger partial charge in [0.25, 0.3) is 0 Å². The molecule has 0 radical (unpaired) electrons. The molecular formula is C15H22N2O2. The fourth-order valence-corrected chi connectivity index (χ4v) is 2.88. The van der Waals surface area contributed by atoms with Gasteiger partial charge in [-0.1, -0.05) is 12.1 Å². The predicted octanol–water partition coefficient (Wildman–Crippen LogP) is 1.81. The fourth-order valence-electron chi connectivity index (χ4n) is 2.88. The minimum absolute atomic E-state index is 0.00502. The van der Waals surface area contributed by atoms with E-state index >= 15 is 0 Å². The Bertz CT molecular complexity index is 438. The zero-order chi connectivity index (χ0) is 13.2. The maximum atomic E-state index is 9.75. The van der Waals surface area contributed by atoms with Gasteiger partial charge < -0.3 is 20.4 Å². The van der Waals surface area contributed by atoms with E-state index in [1.54, 1.807) is 6.07 Å². The van der Waals surface area contributed by atoms with E-state index in [-0.39, 0.29) is 11.5 Å². The molecule has 3 N–H and O–H groups in total. The van der Waals surface area contributed by atoms with E-state index in [1.165, 1.54) is 44.8 Å². The number of phenols is 2. The summed E-state index contributed by atoms with van der Waals surface area (Å²) in [6.45, 7) is 3.00. The number of likely N-dealkylation sites (tertiary alicyclic amines) is 1. The van der Waals surface area contributed by atoms with Crippen molar-refractivity contribution < 1.29 is 10.2 Å². The molecule has 0 unspecified atom stereocenters. The zero-order valence-electron chi connectivity index (χ0n) is 11.2. The van der Waals surface area contributed by atoms with Gasteiger partial charge >= 0.3 is 0 Å². The van der Waals surface area contributed by atoms with Crippen molar-refractivity contribution in [3.8, 4) is 11.5 Å². The lowest BCUT2D eigenvalue weighted by Crippen LogP contribution is -2.43. The highest BCUT2D eigenvalue weighted by Gasteiger charge is 2.31. The lowest BCUT2D eigenvalue weighted by atomic mass is 10.0. The van der Waals surface area contributed by atoms with Crippen LogP contribution in [0, 0.1) is 0 Å². The van der Waals surface area contributed by atoms with Crippen molar-refractivity contribution in [2.24, 2.45) is 0 Å². The van der Waals surface area contributed by atoms with Crippen LogP contribution >= 0.6 is 0 Å². The molecule has 0 spiro atoms. The third kappa shape index (κ3) is 3.01. The Morgan fingerprint density at radius 1 is 1.11 bits per heavy atom. The molecule has 2 fully saturated rings. The molecule has 0 atom stereocenters. The third-order valence-electron chi connectivity index (χ3n) is 4.27. The Kier molecular flexibility index (Phi) is 3.62. The minimum Gasteiger partial charge on any atom is -0.504 e. The quantitative estimate of drug-likeness (QED) is 0.724. The van der Waals surface area contributed by atoms with Gasteiger partial charge in [0, 0.05) is 24.2 Å². The standard InChI is InChI=1S/C15H22N2O2/c18-14-3-1-2-11(15(14)19)10-16-12-6-8-17(9-7-12)13-4-5-13/h1-3,12-13,16,18-19H,4-10H2. The first kappa shape index (κ1) is 12.8. The average Bonchev–Trinajstić information content (AvgIpc) is 3.26. The lowest BCUT2D eigenvalue weighted by Gasteiger charge is -2.32. The molecule has 4 heteroatoms. The number of rotatable bonds is 4. The number of phenolic OH excluding ortho intramolecular Hbond substituents is 2. The highest BCUT2D eigenvalue weighted by molar-refractivity contribution is 5.44. The number of nitrogens with one attached hydrogen (secondary N) is 1. The molecule has 1 saturated heterocycles. The molecule has 0 bridgehead atoms. The van der Waals surface area contributed by atoms with Crippen LogP contribution in [0.3, 0.4) is 0 Å². The van der Waals surface area contributed by atoms with Crippen molar-refractivity contribution in [3.63, 3.8) is 0 Å². The van der Waals surface area contributed by atoms with Gasteiger partial charge in [0.15, 0.2) is 11.5 Å². The van der Waals surface area contributed by atoms with E-state index in [4.69, 9.17) is 0 Å². The Hall–Kier alpha value is -1.26. The number of hydrogen-bond donors (Lipinski definition) is 3. The van der Waals surface area contributed by atoms with Crippen LogP contribution in [-0.4, -0.2) is 40.3 Å². The Morgan fingerprint density at radius 3 is 2.53 bits per heavy atom. The van der Waals surface area contributed by atoms with Crippen molar-refractivity contribution in [2.75, 3.05) is 13.1 Å². The van der Waals surface area contributed by atoms with Crippen molar-refractivity contribution in [2.45, 2.75) is 44.3 Å². The first-order valence-corrected chi connectivity index (χ1v) is 7.21. The Labute approximate surface area is 114 Å². The van der Waals surface area contributed by atoms with Gasteiger partial charge in [-0.2, -0.15) is 0 Å². The summed E-state index contributed by atoms with van der Waals surface area (Å²) in [6, 6.07) is 6.52. The smallest absolute Gasteiger partial charge is 0.161 e. The third-order valence-corrected chi connectivity index (χ3v) is 4.27. The second-order valence-electron chi connectivity index (χ2n) is 5.71. The van der Waals surface area contributed by atoms with Crippen LogP contribution < -0.4 is 5.32 Å². The number of benzene rings is 1. The molecule has 2 aliphatic rings. The Morgan fingerprint density at radius 2 is 1.84 bits per heavy atom. The molecule has 1 aliphatic heterocycles. The van der Waals surface area contributed by atoms with Crippen molar-refractivity contribution in [1.82, 2.24) is 10.2 Å². The molecule has 104 valence electrons. The molecule has 0 aromatic heterocycles. The molecule has 1 saturated carbocycles. The van der Waals surface area contributed by atoms with E-state index in [9.17, 15) is 10.2 Å². The summed E-state index contributed by atoms with van der Waals surface area (Å²) in [5.41, 5.74) is 0.768. The number of hydrogen-bond acceptors (Lipinski definition) is 4. The second kappa shape index (κ2) is 5.39. The van der Waals surface area contributed by atoms with Crippen LogP contribution in [0.4, 0.5) is 0 Å². The van der Waals surface area contributed by atoms with Gasteiger partial charge in [0.05, 0.1) is 0 Å². The molecule has 1 aromatic rings. The van der Waals surface area contributed by atoms with Crippen molar-refractivity contribution in [1.29, 1.82) is 0 Å². The SMILES string of the molecule is Oc1cccc(CNC2CCN(C3CC3)CC2)c1O. The van der Waals surface area contributed by atoms with Crippen LogP contribution in [0.2, 0.25) is 0 Å². The molecule has 0 amide bonds. The maximum absolute atomic E-state index is 9.75. The van der Waals surface area contributed by atoms with E-state index in [1.807, 2.05) is 6.07 Å². The average molecular weight is 262 g/mol. The topological polar surface area (TPSA) is 55.7 Å². The van der Waals surface area contributed by atoms with E-state index in [0.29, 0.717) is 12.6 Å². The Balaban J connectivity index is 1.48.